The van der Waals surface area contributed by atoms with E-state index in [0.717, 1.165) is 0 Å². The van der Waals surface area contributed by atoms with Gasteiger partial charge in [-0.2, -0.15) is 8.78 Å². The third-order valence-corrected chi connectivity index (χ3v) is 3.90. The van der Waals surface area contributed by atoms with Crippen molar-refractivity contribution in [2.24, 2.45) is 0 Å². The van der Waals surface area contributed by atoms with Crippen molar-refractivity contribution in [3.8, 4) is 0 Å². The smallest absolute Gasteiger partial charge is 0.339 e. The van der Waals surface area contributed by atoms with Crippen molar-refractivity contribution in [3.63, 3.8) is 0 Å². The Morgan fingerprint density at radius 2 is 2.04 bits per heavy atom. The van der Waals surface area contributed by atoms with Gasteiger partial charge in [0.05, 0.1) is 23.3 Å². The van der Waals surface area contributed by atoms with Crippen molar-refractivity contribution in [1.29, 1.82) is 0 Å². The molecule has 0 unspecified atom stereocenters. The van der Waals surface area contributed by atoms with Gasteiger partial charge in [0.25, 0.3) is 11.7 Å². The van der Waals surface area contributed by atoms with E-state index in [1.54, 1.807) is 0 Å². The number of amides is 1. The van der Waals surface area contributed by atoms with Crippen molar-refractivity contribution >= 4 is 40.9 Å². The number of rotatable bonds is 5. The highest BCUT2D eigenvalue weighted by atomic mass is 35.5. The number of hydrogen-bond acceptors (Lipinski definition) is 5. The normalized spacial score (nSPS) is 10.5. The van der Waals surface area contributed by atoms with Crippen molar-refractivity contribution in [2.45, 2.75) is 10.8 Å². The highest BCUT2D eigenvalue weighted by Gasteiger charge is 2.18. The fraction of sp³-hybridized carbons (Fsp3) is 0.133. The van der Waals surface area contributed by atoms with Crippen LogP contribution < -0.4 is 5.32 Å². The van der Waals surface area contributed by atoms with Crippen LogP contribution in [-0.2, 0) is 4.74 Å². The lowest BCUT2D eigenvalue weighted by Gasteiger charge is -2.10. The predicted molar refractivity (Wildman–Crippen MR) is 86.8 cm³/mol. The molecule has 1 aromatic heterocycles. The van der Waals surface area contributed by atoms with E-state index >= 15 is 0 Å². The maximum Gasteiger partial charge on any atom is 0.339 e. The van der Waals surface area contributed by atoms with Crippen LogP contribution in [0.25, 0.3) is 0 Å². The summed E-state index contributed by atoms with van der Waals surface area (Å²) >= 11 is 6.07. The van der Waals surface area contributed by atoms with Crippen LogP contribution in [0, 0.1) is 0 Å². The Morgan fingerprint density at radius 1 is 1.29 bits per heavy atom. The molecule has 0 radical (unpaired) electrons. The standard InChI is InChI=1S/C15H11ClF2N2O3S/c1-23-14(22)10-7-8(4-5-11(10)16)20-12(21)9-3-2-6-19-13(9)24-15(17)18/h2-7,15H,1H3,(H,20,21). The van der Waals surface area contributed by atoms with Gasteiger partial charge in [-0.3, -0.25) is 4.79 Å². The fourth-order valence-electron chi connectivity index (χ4n) is 1.81. The molecule has 0 aliphatic rings. The molecule has 0 aliphatic carbocycles. The molecule has 9 heteroatoms. The van der Waals surface area contributed by atoms with E-state index in [1.807, 2.05) is 0 Å². The van der Waals surface area contributed by atoms with Crippen LogP contribution in [-0.4, -0.2) is 29.7 Å². The van der Waals surface area contributed by atoms with E-state index in [4.69, 9.17) is 11.6 Å². The van der Waals surface area contributed by atoms with Crippen molar-refractivity contribution in [3.05, 3.63) is 52.7 Å². The number of carbonyl (C=O) groups is 2. The number of benzene rings is 1. The van der Waals surface area contributed by atoms with E-state index < -0.39 is 17.6 Å². The number of alkyl halides is 2. The molecule has 0 bridgehead atoms. The molecule has 0 spiro atoms. The largest absolute Gasteiger partial charge is 0.465 e. The van der Waals surface area contributed by atoms with Crippen LogP contribution >= 0.6 is 23.4 Å². The van der Waals surface area contributed by atoms with Gasteiger partial charge in [0, 0.05) is 11.9 Å². The maximum atomic E-state index is 12.5. The number of ether oxygens (including phenoxy) is 1. The number of halogens is 3. The van der Waals surface area contributed by atoms with Crippen LogP contribution in [0.5, 0.6) is 0 Å². The van der Waals surface area contributed by atoms with Gasteiger partial charge in [-0.25, -0.2) is 9.78 Å². The zero-order valence-electron chi connectivity index (χ0n) is 12.3. The number of esters is 1. The highest BCUT2D eigenvalue weighted by Crippen LogP contribution is 2.27. The number of pyridine rings is 1. The number of hydrogen-bond donors (Lipinski definition) is 1. The molecule has 1 aromatic carbocycles. The summed E-state index contributed by atoms with van der Waals surface area (Å²) < 4.78 is 29.7. The molecule has 24 heavy (non-hydrogen) atoms. The van der Waals surface area contributed by atoms with Gasteiger partial charge in [0.1, 0.15) is 5.03 Å². The van der Waals surface area contributed by atoms with Gasteiger partial charge >= 0.3 is 5.97 Å². The second kappa shape index (κ2) is 8.07. The monoisotopic (exact) mass is 372 g/mol. The number of anilines is 1. The topological polar surface area (TPSA) is 68.3 Å². The van der Waals surface area contributed by atoms with Gasteiger partial charge < -0.3 is 10.1 Å². The van der Waals surface area contributed by atoms with Gasteiger partial charge in [0.2, 0.25) is 0 Å². The lowest BCUT2D eigenvalue weighted by molar-refractivity contribution is 0.0600. The Bertz CT molecular complexity index is 774. The van der Waals surface area contributed by atoms with E-state index in [2.05, 4.69) is 15.0 Å². The molecule has 1 N–H and O–H groups in total. The van der Waals surface area contributed by atoms with Gasteiger partial charge in [-0.1, -0.05) is 11.6 Å². The van der Waals surface area contributed by atoms with Crippen LogP contribution in [0.3, 0.4) is 0 Å². The number of thioether (sulfide) groups is 1. The molecule has 0 fully saturated rings. The Balaban J connectivity index is 2.26. The molecule has 126 valence electrons. The molecule has 1 heterocycles. The average Bonchev–Trinajstić information content (AvgIpc) is 2.55. The molecular formula is C15H11ClF2N2O3S. The first kappa shape index (κ1) is 18.2. The molecule has 2 rings (SSSR count). The van der Waals surface area contributed by atoms with Crippen molar-refractivity contribution < 1.29 is 23.1 Å². The SMILES string of the molecule is COC(=O)c1cc(NC(=O)c2cccnc2SC(F)F)ccc1Cl. The maximum absolute atomic E-state index is 12.5. The molecule has 0 saturated carbocycles. The zero-order valence-corrected chi connectivity index (χ0v) is 13.8. The van der Waals surface area contributed by atoms with Gasteiger partial charge in [0.15, 0.2) is 0 Å². The van der Waals surface area contributed by atoms with E-state index in [1.165, 1.54) is 43.6 Å². The second-order valence-electron chi connectivity index (χ2n) is 4.37. The lowest BCUT2D eigenvalue weighted by atomic mass is 10.2. The van der Waals surface area contributed by atoms with Gasteiger partial charge in [-0.05, 0) is 42.1 Å². The van der Waals surface area contributed by atoms with E-state index in [-0.39, 0.29) is 38.6 Å². The van der Waals surface area contributed by atoms with Crippen LogP contribution in [0.15, 0.2) is 41.6 Å². The first-order valence-electron chi connectivity index (χ1n) is 6.51. The summed E-state index contributed by atoms with van der Waals surface area (Å²) in [5.41, 5.74) is 0.337. The Morgan fingerprint density at radius 3 is 2.71 bits per heavy atom. The van der Waals surface area contributed by atoms with Crippen molar-refractivity contribution in [2.75, 3.05) is 12.4 Å². The summed E-state index contributed by atoms with van der Waals surface area (Å²) in [5, 5.41) is 2.59. The summed E-state index contributed by atoms with van der Waals surface area (Å²) in [6, 6.07) is 7.07. The van der Waals surface area contributed by atoms with Gasteiger partial charge in [-0.15, -0.1) is 0 Å². The Hall–Kier alpha value is -2.19. The summed E-state index contributed by atoms with van der Waals surface area (Å²) in [4.78, 5) is 27.7. The summed E-state index contributed by atoms with van der Waals surface area (Å²) in [5.74, 6) is -4.00. The average molecular weight is 373 g/mol. The Kier molecular flexibility index (Phi) is 6.10. The fourth-order valence-corrected chi connectivity index (χ4v) is 2.58. The zero-order chi connectivity index (χ0) is 17.7. The van der Waals surface area contributed by atoms with Crippen LogP contribution in [0.4, 0.5) is 14.5 Å². The molecule has 0 atom stereocenters. The third kappa shape index (κ3) is 4.42. The highest BCUT2D eigenvalue weighted by molar-refractivity contribution is 7.99. The molecule has 0 aliphatic heterocycles. The van der Waals surface area contributed by atoms with Crippen molar-refractivity contribution in [1.82, 2.24) is 4.98 Å². The number of nitrogens with one attached hydrogen (secondary N) is 1. The number of carbonyl (C=O) groups excluding carboxylic acids is 2. The minimum absolute atomic E-state index is 0.00244. The minimum atomic E-state index is -2.70. The van der Waals surface area contributed by atoms with Crippen LogP contribution in [0.2, 0.25) is 5.02 Å². The van der Waals surface area contributed by atoms with Crippen LogP contribution in [0.1, 0.15) is 20.7 Å². The van der Waals surface area contributed by atoms with E-state index in [0.29, 0.717) is 0 Å². The molecule has 1 amide bonds. The summed E-state index contributed by atoms with van der Waals surface area (Å²) in [7, 11) is 1.20. The first-order chi connectivity index (χ1) is 11.4. The molecule has 2 aromatic rings. The lowest BCUT2D eigenvalue weighted by Crippen LogP contribution is -2.14. The second-order valence-corrected chi connectivity index (χ2v) is 5.76. The quantitative estimate of drug-likeness (QED) is 0.632. The number of nitrogens with zero attached hydrogens (tertiary/aromatic N) is 1. The predicted octanol–water partition coefficient (Wildman–Crippen LogP) is 4.09. The van der Waals surface area contributed by atoms with E-state index in [9.17, 15) is 18.4 Å². The Labute approximate surface area is 145 Å². The third-order valence-electron chi connectivity index (χ3n) is 2.85. The molecular weight excluding hydrogens is 362 g/mol. The number of aromatic nitrogens is 1. The molecule has 0 saturated heterocycles. The first-order valence-corrected chi connectivity index (χ1v) is 7.77. The minimum Gasteiger partial charge on any atom is -0.465 e. The summed E-state index contributed by atoms with van der Waals surface area (Å²) in [6.45, 7) is 0. The number of methoxy groups -OCH3 is 1. The molecule has 5 nitrogen and oxygen atoms in total. The summed E-state index contributed by atoms with van der Waals surface area (Å²) in [6.07, 6.45) is 1.32.